The summed E-state index contributed by atoms with van der Waals surface area (Å²) in [6.07, 6.45) is 1.76. The molecular weight excluding hydrogens is 468 g/mol. The second-order valence-electron chi connectivity index (χ2n) is 9.02. The quantitative estimate of drug-likeness (QED) is 0.399. The zero-order valence-corrected chi connectivity index (χ0v) is 20.6. The third-order valence-corrected chi connectivity index (χ3v) is 6.51. The van der Waals surface area contributed by atoms with E-state index in [2.05, 4.69) is 15.5 Å². The second-order valence-corrected chi connectivity index (χ2v) is 9.02. The van der Waals surface area contributed by atoms with E-state index in [1.807, 2.05) is 59.5 Å². The molecule has 1 aliphatic rings. The molecule has 2 heterocycles. The van der Waals surface area contributed by atoms with Crippen LogP contribution in [0, 0.1) is 0 Å². The van der Waals surface area contributed by atoms with Crippen molar-refractivity contribution < 1.29 is 18.8 Å². The van der Waals surface area contributed by atoms with Crippen molar-refractivity contribution in [3.8, 4) is 17.1 Å². The number of methoxy groups -OCH3 is 1. The van der Waals surface area contributed by atoms with Crippen molar-refractivity contribution in [2.45, 2.75) is 25.3 Å². The van der Waals surface area contributed by atoms with Crippen LogP contribution in [0.4, 0.5) is 0 Å². The van der Waals surface area contributed by atoms with E-state index in [1.54, 1.807) is 31.4 Å². The lowest BCUT2D eigenvalue weighted by Gasteiger charge is -2.31. The summed E-state index contributed by atoms with van der Waals surface area (Å²) in [5.41, 5.74) is 2.93. The molecule has 1 saturated heterocycles. The maximum absolute atomic E-state index is 12.9. The number of rotatable bonds is 7. The van der Waals surface area contributed by atoms with E-state index in [9.17, 15) is 9.59 Å². The fraction of sp³-hybridized carbons (Fsp3) is 0.241. The van der Waals surface area contributed by atoms with E-state index >= 15 is 0 Å². The van der Waals surface area contributed by atoms with Crippen LogP contribution in [0.2, 0.25) is 0 Å². The first kappa shape index (κ1) is 24.2. The molecule has 0 spiro atoms. The van der Waals surface area contributed by atoms with Gasteiger partial charge in [0.15, 0.2) is 0 Å². The van der Waals surface area contributed by atoms with Gasteiger partial charge in [0, 0.05) is 36.3 Å². The van der Waals surface area contributed by atoms with Crippen molar-refractivity contribution in [2.24, 2.45) is 0 Å². The minimum Gasteiger partial charge on any atom is -0.497 e. The van der Waals surface area contributed by atoms with Crippen LogP contribution in [0.1, 0.15) is 50.9 Å². The number of hydrogen-bond acceptors (Lipinski definition) is 6. The Morgan fingerprint density at radius 2 is 1.84 bits per heavy atom. The van der Waals surface area contributed by atoms with E-state index in [4.69, 9.17) is 9.26 Å². The van der Waals surface area contributed by atoms with Crippen LogP contribution in [-0.2, 0) is 6.54 Å². The minimum atomic E-state index is -0.173. The maximum Gasteiger partial charge on any atom is 0.253 e. The lowest BCUT2D eigenvalue weighted by Crippen LogP contribution is -2.39. The molecule has 2 amide bonds. The van der Waals surface area contributed by atoms with Gasteiger partial charge in [-0.1, -0.05) is 47.6 Å². The highest BCUT2D eigenvalue weighted by atomic mass is 16.5. The molecule has 4 aromatic rings. The van der Waals surface area contributed by atoms with E-state index < -0.39 is 0 Å². The number of carbonyl (C=O) groups excluding carboxylic acids is 2. The SMILES string of the molecule is COc1cccc(CNC(=O)c2ccc(-c3noc([C@H]4CCCN(C(=O)c5ccccc5)C4)n3)cc2)c1. The number of piperidine rings is 1. The summed E-state index contributed by atoms with van der Waals surface area (Å²) in [5.74, 6) is 1.58. The van der Waals surface area contributed by atoms with E-state index in [-0.39, 0.29) is 17.7 Å². The predicted octanol–water partition coefficient (Wildman–Crippen LogP) is 4.70. The summed E-state index contributed by atoms with van der Waals surface area (Å²) < 4.78 is 10.8. The number of aromatic nitrogens is 2. The molecule has 0 radical (unpaired) electrons. The summed E-state index contributed by atoms with van der Waals surface area (Å²) in [6, 6.07) is 24.0. The number of hydrogen-bond donors (Lipinski definition) is 1. The normalized spacial score (nSPS) is 15.3. The van der Waals surface area contributed by atoms with Gasteiger partial charge in [-0.2, -0.15) is 4.98 Å². The summed E-state index contributed by atoms with van der Waals surface area (Å²) in [4.78, 5) is 31.9. The van der Waals surface area contributed by atoms with Gasteiger partial charge in [-0.3, -0.25) is 9.59 Å². The zero-order chi connectivity index (χ0) is 25.6. The summed E-state index contributed by atoms with van der Waals surface area (Å²) >= 11 is 0. The lowest BCUT2D eigenvalue weighted by atomic mass is 9.97. The van der Waals surface area contributed by atoms with Gasteiger partial charge in [0.2, 0.25) is 11.7 Å². The predicted molar refractivity (Wildman–Crippen MR) is 138 cm³/mol. The third kappa shape index (κ3) is 5.69. The molecule has 8 heteroatoms. The van der Waals surface area contributed by atoms with Crippen molar-refractivity contribution in [3.05, 3.63) is 101 Å². The van der Waals surface area contributed by atoms with Crippen LogP contribution in [0.3, 0.4) is 0 Å². The Kier molecular flexibility index (Phi) is 7.26. The number of nitrogens with one attached hydrogen (secondary N) is 1. The molecule has 1 fully saturated rings. The van der Waals surface area contributed by atoms with Crippen molar-refractivity contribution in [2.75, 3.05) is 20.2 Å². The van der Waals surface area contributed by atoms with Crippen molar-refractivity contribution >= 4 is 11.8 Å². The van der Waals surface area contributed by atoms with E-state index in [0.717, 1.165) is 29.7 Å². The molecule has 1 N–H and O–H groups in total. The van der Waals surface area contributed by atoms with E-state index in [0.29, 0.717) is 42.5 Å². The van der Waals surface area contributed by atoms with Gasteiger partial charge in [-0.25, -0.2) is 0 Å². The molecule has 1 atom stereocenters. The maximum atomic E-state index is 12.9. The molecule has 0 bridgehead atoms. The topological polar surface area (TPSA) is 97.6 Å². The lowest BCUT2D eigenvalue weighted by molar-refractivity contribution is 0.0695. The summed E-state index contributed by atoms with van der Waals surface area (Å²) in [5, 5.41) is 7.08. The molecular formula is C29H28N4O4. The Labute approximate surface area is 215 Å². The van der Waals surface area contributed by atoms with Crippen molar-refractivity contribution in [3.63, 3.8) is 0 Å². The number of likely N-dealkylation sites (tertiary alicyclic amines) is 1. The third-order valence-electron chi connectivity index (χ3n) is 6.51. The Morgan fingerprint density at radius 1 is 1.03 bits per heavy atom. The molecule has 1 aliphatic heterocycles. The number of nitrogens with zero attached hydrogens (tertiary/aromatic N) is 3. The number of ether oxygens (including phenoxy) is 1. The number of amides is 2. The average Bonchev–Trinajstić information content (AvgIpc) is 3.47. The van der Waals surface area contributed by atoms with Crippen LogP contribution < -0.4 is 10.1 Å². The molecule has 1 aromatic heterocycles. The molecule has 0 aliphatic carbocycles. The molecule has 188 valence electrons. The summed E-state index contributed by atoms with van der Waals surface area (Å²) in [7, 11) is 1.61. The Morgan fingerprint density at radius 3 is 2.62 bits per heavy atom. The number of benzene rings is 3. The standard InChI is InChI=1S/C29H28N4O4/c1-36-25-11-5-7-20(17-25)18-30-27(34)22-14-12-21(13-15-22)26-31-28(37-32-26)24-10-6-16-33(19-24)29(35)23-8-3-2-4-9-23/h2-5,7-9,11-15,17,24H,6,10,16,18-19H2,1H3,(H,30,34)/t24-/m0/s1. The van der Waals surface area contributed by atoms with Crippen LogP contribution in [0.15, 0.2) is 83.4 Å². The highest BCUT2D eigenvalue weighted by Crippen LogP contribution is 2.28. The first-order valence-electron chi connectivity index (χ1n) is 12.3. The molecule has 0 saturated carbocycles. The van der Waals surface area contributed by atoms with Gasteiger partial charge in [-0.15, -0.1) is 0 Å². The van der Waals surface area contributed by atoms with E-state index in [1.165, 1.54) is 0 Å². The van der Waals surface area contributed by atoms with Gasteiger partial charge in [0.25, 0.3) is 11.8 Å². The van der Waals surface area contributed by atoms with Gasteiger partial charge in [-0.05, 0) is 54.8 Å². The fourth-order valence-electron chi connectivity index (χ4n) is 4.48. The molecule has 8 nitrogen and oxygen atoms in total. The van der Waals surface area contributed by atoms with Crippen LogP contribution >= 0.6 is 0 Å². The van der Waals surface area contributed by atoms with Crippen LogP contribution in [-0.4, -0.2) is 47.1 Å². The van der Waals surface area contributed by atoms with Gasteiger partial charge < -0.3 is 19.5 Å². The summed E-state index contributed by atoms with van der Waals surface area (Å²) in [6.45, 7) is 1.66. The van der Waals surface area contributed by atoms with Gasteiger partial charge in [0.1, 0.15) is 5.75 Å². The first-order valence-corrected chi connectivity index (χ1v) is 12.3. The average molecular weight is 497 g/mol. The van der Waals surface area contributed by atoms with Crippen LogP contribution in [0.5, 0.6) is 5.75 Å². The minimum absolute atomic E-state index is 0.00989. The van der Waals surface area contributed by atoms with Crippen molar-refractivity contribution in [1.82, 2.24) is 20.4 Å². The largest absolute Gasteiger partial charge is 0.497 e. The highest BCUT2D eigenvalue weighted by Gasteiger charge is 2.29. The first-order chi connectivity index (χ1) is 18.1. The second kappa shape index (κ2) is 11.1. The van der Waals surface area contributed by atoms with Crippen LogP contribution in [0.25, 0.3) is 11.4 Å². The molecule has 3 aromatic carbocycles. The van der Waals surface area contributed by atoms with Crippen molar-refractivity contribution in [1.29, 1.82) is 0 Å². The monoisotopic (exact) mass is 496 g/mol. The Balaban J connectivity index is 1.20. The number of carbonyl (C=O) groups is 2. The Hall–Kier alpha value is -4.46. The molecule has 0 unspecified atom stereocenters. The smallest absolute Gasteiger partial charge is 0.253 e. The molecule has 37 heavy (non-hydrogen) atoms. The molecule has 5 rings (SSSR count). The van der Waals surface area contributed by atoms with Gasteiger partial charge >= 0.3 is 0 Å². The zero-order valence-electron chi connectivity index (χ0n) is 20.6. The Bertz CT molecular complexity index is 1370. The fourth-order valence-corrected chi connectivity index (χ4v) is 4.48. The van der Waals surface area contributed by atoms with Gasteiger partial charge in [0.05, 0.1) is 13.0 Å². The highest BCUT2D eigenvalue weighted by molar-refractivity contribution is 5.95.